The zero-order valence-electron chi connectivity index (χ0n) is 15.2. The van der Waals surface area contributed by atoms with Gasteiger partial charge < -0.3 is 4.74 Å². The van der Waals surface area contributed by atoms with E-state index in [-0.39, 0.29) is 35.9 Å². The lowest BCUT2D eigenvalue weighted by molar-refractivity contribution is -0.124. The molecule has 27 heavy (non-hydrogen) atoms. The molecule has 1 aromatic carbocycles. The van der Waals surface area contributed by atoms with E-state index in [1.165, 1.54) is 4.90 Å². The van der Waals surface area contributed by atoms with Crippen molar-refractivity contribution >= 4 is 29.1 Å². The van der Waals surface area contributed by atoms with E-state index in [0.717, 1.165) is 24.1 Å². The molecule has 1 aromatic heterocycles. The Morgan fingerprint density at radius 1 is 1.07 bits per heavy atom. The lowest BCUT2D eigenvalue weighted by atomic mass is 9.81. The Bertz CT molecular complexity index is 924. The Kier molecular flexibility index (Phi) is 3.71. The largest absolute Gasteiger partial charge is 0.373 e. The summed E-state index contributed by atoms with van der Waals surface area (Å²) in [4.78, 5) is 27.5. The smallest absolute Gasteiger partial charge is 0.240 e. The molecule has 0 spiro atoms. The number of fused-ring (bicyclic) bond motifs is 5. The first kappa shape index (κ1) is 17.0. The maximum atomic E-state index is 13.1. The van der Waals surface area contributed by atoms with E-state index < -0.39 is 0 Å². The van der Waals surface area contributed by atoms with E-state index in [2.05, 4.69) is 5.10 Å². The first-order valence-electron chi connectivity index (χ1n) is 9.27. The number of nitrogens with zero attached hydrogens (tertiary/aromatic N) is 3. The van der Waals surface area contributed by atoms with Crippen molar-refractivity contribution in [3.63, 3.8) is 0 Å². The van der Waals surface area contributed by atoms with E-state index in [9.17, 15) is 9.59 Å². The van der Waals surface area contributed by atoms with Crippen LogP contribution < -0.4 is 4.90 Å². The number of benzene rings is 1. The van der Waals surface area contributed by atoms with Crippen molar-refractivity contribution in [2.45, 2.75) is 45.4 Å². The van der Waals surface area contributed by atoms with Gasteiger partial charge in [0.25, 0.3) is 0 Å². The predicted molar refractivity (Wildman–Crippen MR) is 99.6 cm³/mol. The molecule has 0 radical (unpaired) electrons. The number of carbonyl (C=O) groups excluding carboxylic acids is 2. The molecule has 140 valence electrons. The van der Waals surface area contributed by atoms with Crippen LogP contribution in [0, 0.1) is 25.7 Å². The fourth-order valence-corrected chi connectivity index (χ4v) is 4.99. The van der Waals surface area contributed by atoms with E-state index in [1.54, 1.807) is 0 Å². The second-order valence-electron chi connectivity index (χ2n) is 7.66. The second-order valence-corrected chi connectivity index (χ2v) is 8.09. The van der Waals surface area contributed by atoms with Crippen LogP contribution in [0.2, 0.25) is 5.02 Å². The summed E-state index contributed by atoms with van der Waals surface area (Å²) >= 11 is 5.95. The molecule has 4 atom stereocenters. The molecule has 7 heteroatoms. The summed E-state index contributed by atoms with van der Waals surface area (Å²) in [6, 6.07) is 7.58. The number of imide groups is 1. The highest BCUT2D eigenvalue weighted by molar-refractivity contribution is 6.30. The molecule has 0 unspecified atom stereocenters. The third-order valence-electron chi connectivity index (χ3n) is 6.10. The van der Waals surface area contributed by atoms with Crippen LogP contribution in [0.15, 0.2) is 24.3 Å². The molecular weight excluding hydrogens is 366 g/mol. The molecule has 2 aromatic rings. The minimum atomic E-state index is -0.324. The van der Waals surface area contributed by atoms with Crippen molar-refractivity contribution in [2.75, 3.05) is 4.90 Å². The molecule has 0 saturated carbocycles. The van der Waals surface area contributed by atoms with Crippen LogP contribution in [0.4, 0.5) is 5.69 Å². The minimum Gasteiger partial charge on any atom is -0.373 e. The van der Waals surface area contributed by atoms with Crippen LogP contribution in [0.1, 0.15) is 29.8 Å². The maximum Gasteiger partial charge on any atom is 0.240 e. The monoisotopic (exact) mass is 385 g/mol. The van der Waals surface area contributed by atoms with Crippen LogP contribution in [-0.2, 0) is 20.9 Å². The van der Waals surface area contributed by atoms with Gasteiger partial charge in [-0.15, -0.1) is 0 Å². The minimum absolute atomic E-state index is 0.105. The number of carbonyl (C=O) groups is 2. The summed E-state index contributed by atoms with van der Waals surface area (Å²) in [6.45, 7) is 4.31. The summed E-state index contributed by atoms with van der Waals surface area (Å²) < 4.78 is 7.66. The van der Waals surface area contributed by atoms with E-state index in [4.69, 9.17) is 16.3 Å². The van der Waals surface area contributed by atoms with Crippen molar-refractivity contribution < 1.29 is 14.3 Å². The Labute approximate surface area is 162 Å². The van der Waals surface area contributed by atoms with Gasteiger partial charge in [-0.25, -0.2) is 4.90 Å². The Morgan fingerprint density at radius 3 is 2.26 bits per heavy atom. The number of ether oxygens (including phenoxy) is 1. The van der Waals surface area contributed by atoms with E-state index >= 15 is 0 Å². The quantitative estimate of drug-likeness (QED) is 0.762. The average molecular weight is 386 g/mol. The zero-order valence-corrected chi connectivity index (χ0v) is 15.9. The molecule has 6 nitrogen and oxygen atoms in total. The van der Waals surface area contributed by atoms with Crippen molar-refractivity contribution in [1.82, 2.24) is 9.78 Å². The number of hydrogen-bond donors (Lipinski definition) is 0. The summed E-state index contributed by atoms with van der Waals surface area (Å²) in [5.74, 6) is -0.909. The van der Waals surface area contributed by atoms with Crippen LogP contribution >= 0.6 is 11.6 Å². The number of aromatic nitrogens is 2. The van der Waals surface area contributed by atoms with Gasteiger partial charge in [-0.3, -0.25) is 14.3 Å². The molecule has 2 bridgehead atoms. The van der Waals surface area contributed by atoms with Crippen LogP contribution in [-0.4, -0.2) is 33.8 Å². The molecule has 4 heterocycles. The van der Waals surface area contributed by atoms with Crippen LogP contribution in [0.3, 0.4) is 0 Å². The molecule has 0 aliphatic carbocycles. The van der Waals surface area contributed by atoms with Gasteiger partial charge in [0.15, 0.2) is 0 Å². The first-order valence-corrected chi connectivity index (χ1v) is 9.65. The van der Waals surface area contributed by atoms with Gasteiger partial charge in [-0.2, -0.15) is 5.10 Å². The summed E-state index contributed by atoms with van der Waals surface area (Å²) in [5.41, 5.74) is 3.19. The molecule has 0 N–H and O–H groups in total. The molecule has 2 amide bonds. The van der Waals surface area contributed by atoms with Crippen molar-refractivity contribution in [3.8, 4) is 0 Å². The number of halogens is 1. The fourth-order valence-electron chi connectivity index (χ4n) is 4.86. The van der Waals surface area contributed by atoms with Gasteiger partial charge in [0.05, 0.1) is 47.7 Å². The number of amides is 2. The number of hydrogen-bond acceptors (Lipinski definition) is 4. The molecule has 3 saturated heterocycles. The fraction of sp³-hybridized carbons (Fsp3) is 0.450. The van der Waals surface area contributed by atoms with E-state index in [1.807, 2.05) is 42.8 Å². The summed E-state index contributed by atoms with van der Waals surface area (Å²) in [6.07, 6.45) is 1.52. The van der Waals surface area contributed by atoms with Gasteiger partial charge in [0.2, 0.25) is 11.8 Å². The van der Waals surface area contributed by atoms with E-state index in [0.29, 0.717) is 22.9 Å². The molecule has 3 fully saturated rings. The van der Waals surface area contributed by atoms with Crippen LogP contribution in [0.25, 0.3) is 0 Å². The standard InChI is InChI=1S/C20H20ClN3O3/c1-10-18(11(2)23(22-10)9-12-3-5-13(21)6-4-12)24-19(25)16-14-7-8-15(27-14)17(16)20(24)26/h3-6,14-17H,7-9H2,1-2H3/t14-,15-,16-,17-/m0/s1. The Hall–Kier alpha value is -2.18. The highest BCUT2D eigenvalue weighted by Crippen LogP contribution is 2.50. The molecular formula is C20H20ClN3O3. The Morgan fingerprint density at radius 2 is 1.67 bits per heavy atom. The lowest BCUT2D eigenvalue weighted by Gasteiger charge is -2.18. The highest BCUT2D eigenvalue weighted by atomic mass is 35.5. The Balaban J connectivity index is 1.49. The SMILES string of the molecule is Cc1nn(Cc2ccc(Cl)cc2)c(C)c1N1C(=O)[C@@H]2[C@@H](C1=O)[C@@H]1CC[C@@H]2O1. The number of rotatable bonds is 3. The second kappa shape index (κ2) is 5.91. The average Bonchev–Trinajstić information content (AvgIpc) is 3.37. The lowest BCUT2D eigenvalue weighted by Crippen LogP contribution is -2.35. The van der Waals surface area contributed by atoms with Gasteiger partial charge in [-0.05, 0) is 44.4 Å². The van der Waals surface area contributed by atoms with Crippen molar-refractivity contribution in [3.05, 3.63) is 46.2 Å². The third kappa shape index (κ3) is 2.39. The van der Waals surface area contributed by atoms with Gasteiger partial charge in [0, 0.05) is 5.02 Å². The maximum absolute atomic E-state index is 13.1. The normalized spacial score (nSPS) is 29.1. The van der Waals surface area contributed by atoms with Crippen LogP contribution in [0.5, 0.6) is 0 Å². The predicted octanol–water partition coefficient (Wildman–Crippen LogP) is 2.87. The molecule has 3 aliphatic rings. The van der Waals surface area contributed by atoms with Crippen molar-refractivity contribution in [2.24, 2.45) is 11.8 Å². The number of aryl methyl sites for hydroxylation is 1. The topological polar surface area (TPSA) is 64.4 Å². The summed E-state index contributed by atoms with van der Waals surface area (Å²) in [7, 11) is 0. The highest BCUT2D eigenvalue weighted by Gasteiger charge is 2.63. The first-order chi connectivity index (χ1) is 13.0. The third-order valence-corrected chi connectivity index (χ3v) is 6.35. The van der Waals surface area contributed by atoms with Crippen molar-refractivity contribution in [1.29, 1.82) is 0 Å². The molecule has 3 aliphatic heterocycles. The van der Waals surface area contributed by atoms with Gasteiger partial charge in [-0.1, -0.05) is 23.7 Å². The zero-order chi connectivity index (χ0) is 18.9. The van der Waals surface area contributed by atoms with Gasteiger partial charge >= 0.3 is 0 Å². The summed E-state index contributed by atoms with van der Waals surface area (Å²) in [5, 5.41) is 5.28. The molecule has 5 rings (SSSR count). The number of anilines is 1. The van der Waals surface area contributed by atoms with Gasteiger partial charge in [0.1, 0.15) is 0 Å².